The molecule has 1 saturated heterocycles. The molecule has 35 heavy (non-hydrogen) atoms. The van der Waals surface area contributed by atoms with Crippen molar-refractivity contribution in [3.05, 3.63) is 94.1 Å². The van der Waals surface area contributed by atoms with Gasteiger partial charge in [-0.2, -0.15) is 13.2 Å². The minimum absolute atomic E-state index is 0.197. The lowest BCUT2D eigenvalue weighted by Crippen LogP contribution is -2.40. The summed E-state index contributed by atoms with van der Waals surface area (Å²) in [5.41, 5.74) is 4.14. The molecule has 0 bridgehead atoms. The first-order valence-electron chi connectivity index (χ1n) is 11.3. The molecule has 6 nitrogen and oxygen atoms in total. The monoisotopic (exact) mass is 479 g/mol. The first-order chi connectivity index (χ1) is 16.7. The average Bonchev–Trinajstić information content (AvgIpc) is 3.41. The van der Waals surface area contributed by atoms with Crippen molar-refractivity contribution >= 4 is 11.6 Å². The van der Waals surface area contributed by atoms with E-state index in [1.54, 1.807) is 24.5 Å². The van der Waals surface area contributed by atoms with Gasteiger partial charge in [-0.15, -0.1) is 0 Å². The predicted molar refractivity (Wildman–Crippen MR) is 125 cm³/mol. The van der Waals surface area contributed by atoms with Gasteiger partial charge < -0.3 is 10.2 Å². The van der Waals surface area contributed by atoms with Gasteiger partial charge in [0.1, 0.15) is 5.69 Å². The summed E-state index contributed by atoms with van der Waals surface area (Å²) >= 11 is 0. The number of hydrogen-bond acceptors (Lipinski definition) is 5. The lowest BCUT2D eigenvalue weighted by Gasteiger charge is -2.23. The zero-order valence-corrected chi connectivity index (χ0v) is 19.3. The number of carbonyl (C=O) groups is 1. The van der Waals surface area contributed by atoms with Gasteiger partial charge >= 0.3 is 6.18 Å². The Bertz CT molecular complexity index is 1320. The van der Waals surface area contributed by atoms with Crippen molar-refractivity contribution in [2.24, 2.45) is 4.99 Å². The van der Waals surface area contributed by atoms with Crippen molar-refractivity contribution in [2.75, 3.05) is 20.1 Å². The second-order valence-corrected chi connectivity index (χ2v) is 9.07. The highest BCUT2D eigenvalue weighted by Gasteiger charge is 2.40. The highest BCUT2D eigenvalue weighted by molar-refractivity contribution is 6.15. The van der Waals surface area contributed by atoms with Crippen molar-refractivity contribution in [3.63, 3.8) is 0 Å². The number of amides is 1. The van der Waals surface area contributed by atoms with E-state index in [1.807, 2.05) is 31.0 Å². The fraction of sp³-hybridized carbons (Fsp3) is 0.308. The molecule has 1 aromatic carbocycles. The van der Waals surface area contributed by atoms with Crippen LogP contribution in [0, 0.1) is 6.92 Å². The second-order valence-electron chi connectivity index (χ2n) is 9.07. The van der Waals surface area contributed by atoms with E-state index in [1.165, 1.54) is 12.1 Å². The summed E-state index contributed by atoms with van der Waals surface area (Å²) in [6, 6.07) is 10.7. The standard InChI is InChI=1S/C26H24F3N5O/c1-15-9-16(7-8-30-15)24-19-12-31-22(10-17(19)11-32-24)25(35)33-23-14-34(2)13-20(23)18-5-3-4-6-21(18)26(27,28)29/h3-10,12,20,23H,11,13-14H2,1-2H3,(H,33,35)/t20-,23+/m0/s1. The summed E-state index contributed by atoms with van der Waals surface area (Å²) in [6.45, 7) is 3.20. The Hall–Kier alpha value is -3.59. The number of nitrogens with zero attached hydrogens (tertiary/aromatic N) is 4. The van der Waals surface area contributed by atoms with Crippen molar-refractivity contribution in [3.8, 4) is 0 Å². The van der Waals surface area contributed by atoms with E-state index in [0.29, 0.717) is 19.6 Å². The van der Waals surface area contributed by atoms with Crippen LogP contribution in [0.3, 0.4) is 0 Å². The third-order valence-corrected chi connectivity index (χ3v) is 6.54. The summed E-state index contributed by atoms with van der Waals surface area (Å²) < 4.78 is 40.9. The van der Waals surface area contributed by atoms with Crippen molar-refractivity contribution < 1.29 is 18.0 Å². The summed E-state index contributed by atoms with van der Waals surface area (Å²) in [5.74, 6) is -0.892. The molecule has 1 amide bonds. The molecule has 1 N–H and O–H groups in total. The van der Waals surface area contributed by atoms with E-state index in [0.717, 1.165) is 34.2 Å². The van der Waals surface area contributed by atoms with E-state index in [9.17, 15) is 18.0 Å². The SMILES string of the molecule is Cc1cc(C2=NCc3cc(C(=O)N[C@@H]4CN(C)C[C@H]4c4ccccc4C(F)(F)F)ncc32)ccn1. The van der Waals surface area contributed by atoms with Gasteiger partial charge in [-0.05, 0) is 49.4 Å². The minimum atomic E-state index is -4.46. The maximum Gasteiger partial charge on any atom is 0.416 e. The van der Waals surface area contributed by atoms with E-state index >= 15 is 0 Å². The second kappa shape index (κ2) is 8.88. The molecular formula is C26H24F3N5O. The minimum Gasteiger partial charge on any atom is -0.346 e. The van der Waals surface area contributed by atoms with Crippen LogP contribution in [0.2, 0.25) is 0 Å². The van der Waals surface area contributed by atoms with E-state index in [-0.39, 0.29) is 11.3 Å². The fourth-order valence-electron chi connectivity index (χ4n) is 4.94. The molecule has 5 rings (SSSR count). The number of aromatic nitrogens is 2. The number of hydrogen-bond donors (Lipinski definition) is 1. The zero-order chi connectivity index (χ0) is 24.7. The van der Waals surface area contributed by atoms with Crippen molar-refractivity contribution in [1.29, 1.82) is 0 Å². The summed E-state index contributed by atoms with van der Waals surface area (Å²) in [5, 5.41) is 2.94. The number of rotatable bonds is 4. The molecule has 2 atom stereocenters. The Balaban J connectivity index is 1.37. The van der Waals surface area contributed by atoms with Gasteiger partial charge in [-0.1, -0.05) is 18.2 Å². The molecule has 0 aliphatic carbocycles. The molecule has 2 aliphatic rings. The molecule has 3 aromatic rings. The number of alkyl halides is 3. The molecule has 180 valence electrons. The number of fused-ring (bicyclic) bond motifs is 1. The average molecular weight is 480 g/mol. The normalized spacial score (nSPS) is 20.0. The topological polar surface area (TPSA) is 70.5 Å². The molecule has 0 radical (unpaired) electrons. The number of aliphatic imine (C=N–C) groups is 1. The first-order valence-corrected chi connectivity index (χ1v) is 11.3. The van der Waals surface area contributed by atoms with Gasteiger partial charge in [-0.3, -0.25) is 19.8 Å². The maximum atomic E-state index is 13.6. The molecule has 1 fully saturated rings. The highest BCUT2D eigenvalue weighted by atomic mass is 19.4. The van der Waals surface area contributed by atoms with Crippen molar-refractivity contribution in [1.82, 2.24) is 20.2 Å². The summed E-state index contributed by atoms with van der Waals surface area (Å²) in [7, 11) is 1.84. The Kier molecular flexibility index (Phi) is 5.88. The van der Waals surface area contributed by atoms with Crippen LogP contribution in [0.5, 0.6) is 0 Å². The summed E-state index contributed by atoms with van der Waals surface area (Å²) in [4.78, 5) is 28.2. The number of nitrogens with one attached hydrogen (secondary N) is 1. The smallest absolute Gasteiger partial charge is 0.346 e. The van der Waals surface area contributed by atoms with Gasteiger partial charge in [0.2, 0.25) is 0 Å². The Morgan fingerprint density at radius 1 is 1.11 bits per heavy atom. The number of pyridine rings is 2. The van der Waals surface area contributed by atoms with Gasteiger partial charge in [-0.25, -0.2) is 0 Å². The third-order valence-electron chi connectivity index (χ3n) is 6.54. The van der Waals surface area contributed by atoms with Crippen LogP contribution in [0.4, 0.5) is 13.2 Å². The third kappa shape index (κ3) is 4.55. The Morgan fingerprint density at radius 2 is 1.91 bits per heavy atom. The number of likely N-dealkylation sites (N-methyl/N-ethyl adjacent to an activating group) is 1. The lowest BCUT2D eigenvalue weighted by atomic mass is 9.90. The number of benzene rings is 1. The van der Waals surface area contributed by atoms with Crippen LogP contribution in [-0.2, 0) is 12.7 Å². The van der Waals surface area contributed by atoms with E-state index in [4.69, 9.17) is 0 Å². The van der Waals surface area contributed by atoms with Crippen LogP contribution in [0.25, 0.3) is 0 Å². The first kappa shape index (κ1) is 23.2. The van der Waals surface area contributed by atoms with Crippen LogP contribution in [0.15, 0.2) is 59.9 Å². The maximum absolute atomic E-state index is 13.6. The quantitative estimate of drug-likeness (QED) is 0.615. The van der Waals surface area contributed by atoms with Crippen LogP contribution in [-0.4, -0.2) is 52.7 Å². The molecule has 0 saturated carbocycles. The number of halogens is 3. The molecule has 2 aliphatic heterocycles. The molecule has 0 unspecified atom stereocenters. The zero-order valence-electron chi connectivity index (χ0n) is 19.3. The molecular weight excluding hydrogens is 455 g/mol. The van der Waals surface area contributed by atoms with Crippen molar-refractivity contribution in [2.45, 2.75) is 31.6 Å². The van der Waals surface area contributed by atoms with E-state index < -0.39 is 29.6 Å². The lowest BCUT2D eigenvalue weighted by molar-refractivity contribution is -0.138. The molecule has 4 heterocycles. The van der Waals surface area contributed by atoms with Gasteiger partial charge in [0.15, 0.2) is 0 Å². The predicted octanol–water partition coefficient (Wildman–Crippen LogP) is 3.98. The Labute approximate surface area is 200 Å². The fourth-order valence-corrected chi connectivity index (χ4v) is 4.94. The largest absolute Gasteiger partial charge is 0.416 e. The molecule has 2 aromatic heterocycles. The Morgan fingerprint density at radius 3 is 2.69 bits per heavy atom. The van der Waals surface area contributed by atoms with Crippen LogP contribution >= 0.6 is 0 Å². The number of carbonyl (C=O) groups excluding carboxylic acids is 1. The van der Waals surface area contributed by atoms with Crippen LogP contribution < -0.4 is 5.32 Å². The summed E-state index contributed by atoms with van der Waals surface area (Å²) in [6.07, 6.45) is -1.09. The van der Waals surface area contributed by atoms with Crippen LogP contribution in [0.1, 0.15) is 49.9 Å². The number of aryl methyl sites for hydroxylation is 1. The molecule has 0 spiro atoms. The van der Waals surface area contributed by atoms with Gasteiger partial charge in [0, 0.05) is 54.3 Å². The number of likely N-dealkylation sites (tertiary alicyclic amines) is 1. The molecule has 9 heteroatoms. The highest BCUT2D eigenvalue weighted by Crippen LogP contribution is 2.38. The van der Waals surface area contributed by atoms with Gasteiger partial charge in [0.25, 0.3) is 5.91 Å². The van der Waals surface area contributed by atoms with Gasteiger partial charge in [0.05, 0.1) is 17.8 Å². The van der Waals surface area contributed by atoms with E-state index in [2.05, 4.69) is 20.3 Å².